The fourth-order valence-electron chi connectivity index (χ4n) is 2.64. The van der Waals surface area contributed by atoms with Crippen LogP contribution in [0.25, 0.3) is 5.57 Å². The molecule has 0 bridgehead atoms. The van der Waals surface area contributed by atoms with Crippen LogP contribution in [0.2, 0.25) is 0 Å². The lowest BCUT2D eigenvalue weighted by Gasteiger charge is -2.21. The van der Waals surface area contributed by atoms with Gasteiger partial charge in [-0.1, -0.05) is 12.1 Å². The number of hydrogen-bond acceptors (Lipinski definition) is 7. The third-order valence-electron chi connectivity index (χ3n) is 3.76. The topological polar surface area (TPSA) is 82.6 Å². The van der Waals surface area contributed by atoms with Crippen molar-refractivity contribution in [2.75, 3.05) is 6.26 Å². The van der Waals surface area contributed by atoms with Crippen LogP contribution in [0, 0.1) is 0 Å². The van der Waals surface area contributed by atoms with E-state index in [0.717, 1.165) is 11.3 Å². The van der Waals surface area contributed by atoms with Crippen molar-refractivity contribution in [3.8, 4) is 0 Å². The average Bonchev–Trinajstić information content (AvgIpc) is 3.10. The molecule has 0 fully saturated rings. The lowest BCUT2D eigenvalue weighted by Crippen LogP contribution is -2.22. The molecule has 0 amide bonds. The first kappa shape index (κ1) is 17.6. The highest BCUT2D eigenvalue weighted by molar-refractivity contribution is 7.90. The Morgan fingerprint density at radius 1 is 1.24 bits per heavy atom. The lowest BCUT2D eigenvalue weighted by molar-refractivity contribution is -0.147. The number of aromatic nitrogens is 1. The van der Waals surface area contributed by atoms with E-state index in [0.29, 0.717) is 11.1 Å². The largest absolute Gasteiger partial charge is 0.479 e. The van der Waals surface area contributed by atoms with Crippen LogP contribution in [-0.2, 0) is 30.7 Å². The fraction of sp³-hybridized carbons (Fsp3) is 0.294. The third-order valence-corrected chi connectivity index (χ3v) is 5.64. The van der Waals surface area contributed by atoms with Gasteiger partial charge >= 0.3 is 5.97 Å². The summed E-state index contributed by atoms with van der Waals surface area (Å²) < 4.78 is 34.4. The lowest BCUT2D eigenvalue weighted by atomic mass is 9.92. The van der Waals surface area contributed by atoms with Gasteiger partial charge in [0, 0.05) is 17.8 Å². The second-order valence-corrected chi connectivity index (χ2v) is 9.11. The number of sulfone groups is 1. The molecule has 0 unspecified atom stereocenters. The van der Waals surface area contributed by atoms with Crippen LogP contribution in [0.15, 0.2) is 46.5 Å². The SMILES string of the molecule is CC1(C)OC(=O)C(OCc2nccs2)=C1c1ccc(S(C)(=O)=O)cc1. The highest BCUT2D eigenvalue weighted by Crippen LogP contribution is 2.40. The van der Waals surface area contributed by atoms with E-state index in [-0.39, 0.29) is 17.3 Å². The predicted molar refractivity (Wildman–Crippen MR) is 93.5 cm³/mol. The normalized spacial score (nSPS) is 16.8. The zero-order chi connectivity index (χ0) is 18.2. The summed E-state index contributed by atoms with van der Waals surface area (Å²) in [5, 5.41) is 2.58. The summed E-state index contributed by atoms with van der Waals surface area (Å²) in [6.45, 7) is 3.71. The van der Waals surface area contributed by atoms with Gasteiger partial charge in [-0.3, -0.25) is 0 Å². The number of cyclic esters (lactones) is 1. The molecular formula is C17H17NO5S2. The predicted octanol–water partition coefficient (Wildman–Crippen LogP) is 2.81. The first-order valence-corrected chi connectivity index (χ1v) is 10.3. The van der Waals surface area contributed by atoms with Crippen LogP contribution in [-0.4, -0.2) is 31.2 Å². The Kier molecular flexibility index (Phi) is 4.42. The minimum absolute atomic E-state index is 0.132. The van der Waals surface area contributed by atoms with E-state index >= 15 is 0 Å². The molecule has 1 aromatic carbocycles. The number of ether oxygens (including phenoxy) is 2. The summed E-state index contributed by atoms with van der Waals surface area (Å²) in [5.74, 6) is -0.406. The van der Waals surface area contributed by atoms with Gasteiger partial charge in [0.05, 0.1) is 10.5 Å². The van der Waals surface area contributed by atoms with Gasteiger partial charge in [0.15, 0.2) is 9.84 Å². The molecule has 0 atom stereocenters. The Bertz CT molecular complexity index is 926. The number of benzene rings is 1. The Morgan fingerprint density at radius 3 is 2.48 bits per heavy atom. The number of hydrogen-bond donors (Lipinski definition) is 0. The maximum Gasteiger partial charge on any atom is 0.374 e. The van der Waals surface area contributed by atoms with E-state index in [2.05, 4.69) is 4.98 Å². The Balaban J connectivity index is 1.99. The quantitative estimate of drug-likeness (QED) is 0.743. The maximum atomic E-state index is 12.2. The molecule has 0 spiro atoms. The second-order valence-electron chi connectivity index (χ2n) is 6.12. The molecule has 0 aliphatic carbocycles. The van der Waals surface area contributed by atoms with Gasteiger partial charge in [-0.15, -0.1) is 11.3 Å². The molecular weight excluding hydrogens is 362 g/mol. The Labute approximate surface area is 150 Å². The van der Waals surface area contributed by atoms with E-state index in [1.54, 1.807) is 32.2 Å². The number of carbonyl (C=O) groups is 1. The molecule has 25 heavy (non-hydrogen) atoms. The van der Waals surface area contributed by atoms with Crippen molar-refractivity contribution >= 4 is 32.7 Å². The van der Waals surface area contributed by atoms with E-state index in [1.807, 2.05) is 5.38 Å². The molecule has 2 aromatic rings. The number of esters is 1. The van der Waals surface area contributed by atoms with E-state index in [1.165, 1.54) is 23.5 Å². The molecule has 132 valence electrons. The van der Waals surface area contributed by atoms with Crippen molar-refractivity contribution in [3.63, 3.8) is 0 Å². The molecule has 0 saturated heterocycles. The van der Waals surface area contributed by atoms with E-state index in [4.69, 9.17) is 9.47 Å². The van der Waals surface area contributed by atoms with Crippen LogP contribution in [0.4, 0.5) is 0 Å². The molecule has 0 N–H and O–H groups in total. The van der Waals surface area contributed by atoms with Gasteiger partial charge in [-0.2, -0.15) is 0 Å². The third kappa shape index (κ3) is 3.59. The van der Waals surface area contributed by atoms with Gasteiger partial charge in [0.25, 0.3) is 0 Å². The molecule has 1 aliphatic rings. The van der Waals surface area contributed by atoms with Gasteiger partial charge < -0.3 is 9.47 Å². The molecule has 8 heteroatoms. The van der Waals surface area contributed by atoms with Crippen molar-refractivity contribution in [1.82, 2.24) is 4.98 Å². The smallest absolute Gasteiger partial charge is 0.374 e. The first-order valence-electron chi connectivity index (χ1n) is 7.48. The van der Waals surface area contributed by atoms with Crippen LogP contribution in [0.5, 0.6) is 0 Å². The molecule has 2 heterocycles. The van der Waals surface area contributed by atoms with Crippen molar-refractivity contribution in [2.45, 2.75) is 31.0 Å². The summed E-state index contributed by atoms with van der Waals surface area (Å²) in [4.78, 5) is 16.6. The zero-order valence-corrected chi connectivity index (χ0v) is 15.6. The zero-order valence-electron chi connectivity index (χ0n) is 14.0. The summed E-state index contributed by atoms with van der Waals surface area (Å²) in [6.07, 6.45) is 2.81. The molecule has 0 saturated carbocycles. The van der Waals surface area contributed by atoms with Crippen LogP contribution < -0.4 is 0 Å². The number of thiazole rings is 1. The number of nitrogens with zero attached hydrogens (tertiary/aromatic N) is 1. The number of rotatable bonds is 5. The van der Waals surface area contributed by atoms with Crippen LogP contribution in [0.1, 0.15) is 24.4 Å². The summed E-state index contributed by atoms with van der Waals surface area (Å²) in [5.41, 5.74) is 0.397. The monoisotopic (exact) mass is 379 g/mol. The molecule has 3 rings (SSSR count). The van der Waals surface area contributed by atoms with Gasteiger partial charge in [-0.05, 0) is 31.5 Å². The van der Waals surface area contributed by atoms with Gasteiger partial charge in [0.1, 0.15) is 17.2 Å². The molecule has 0 radical (unpaired) electrons. The molecule has 6 nitrogen and oxygen atoms in total. The standard InChI is InChI=1S/C17H17NO5S2/c1-17(2)14(11-4-6-12(7-5-11)25(3,20)21)15(16(19)23-17)22-10-13-18-8-9-24-13/h4-9H,10H2,1-3H3. The highest BCUT2D eigenvalue weighted by Gasteiger charge is 2.42. The summed E-state index contributed by atoms with van der Waals surface area (Å²) >= 11 is 1.43. The van der Waals surface area contributed by atoms with E-state index in [9.17, 15) is 13.2 Å². The first-order chi connectivity index (χ1) is 11.7. The average molecular weight is 379 g/mol. The van der Waals surface area contributed by atoms with Crippen molar-refractivity contribution < 1.29 is 22.7 Å². The molecule has 1 aromatic heterocycles. The van der Waals surface area contributed by atoms with Crippen LogP contribution >= 0.6 is 11.3 Å². The summed E-state index contributed by atoms with van der Waals surface area (Å²) in [6, 6.07) is 6.33. The minimum Gasteiger partial charge on any atom is -0.479 e. The van der Waals surface area contributed by atoms with Crippen molar-refractivity contribution in [3.05, 3.63) is 52.2 Å². The van der Waals surface area contributed by atoms with Crippen molar-refractivity contribution in [1.29, 1.82) is 0 Å². The van der Waals surface area contributed by atoms with E-state index < -0.39 is 21.4 Å². The highest BCUT2D eigenvalue weighted by atomic mass is 32.2. The van der Waals surface area contributed by atoms with Crippen molar-refractivity contribution in [2.24, 2.45) is 0 Å². The maximum absolute atomic E-state index is 12.2. The van der Waals surface area contributed by atoms with Crippen LogP contribution in [0.3, 0.4) is 0 Å². The van der Waals surface area contributed by atoms with Gasteiger partial charge in [-0.25, -0.2) is 18.2 Å². The minimum atomic E-state index is -3.29. The van der Waals surface area contributed by atoms with Gasteiger partial charge in [0.2, 0.25) is 5.76 Å². The number of carbonyl (C=O) groups excluding carboxylic acids is 1. The Hall–Kier alpha value is -2.19. The fourth-order valence-corrected chi connectivity index (χ4v) is 3.80. The second kappa shape index (κ2) is 6.27. The summed E-state index contributed by atoms with van der Waals surface area (Å²) in [7, 11) is -3.29. The molecule has 1 aliphatic heterocycles. The Morgan fingerprint density at radius 2 is 1.92 bits per heavy atom.